The molecule has 27 heavy (non-hydrogen) atoms. The quantitative estimate of drug-likeness (QED) is 0.844. The number of carbonyl (C=O) groups is 1. The molecule has 2 heterocycles. The minimum Gasteiger partial charge on any atom is -0.481 e. The zero-order valence-corrected chi connectivity index (χ0v) is 17.0. The average molecular weight is 385 g/mol. The van der Waals surface area contributed by atoms with Gasteiger partial charge in [0.25, 0.3) is 0 Å². The summed E-state index contributed by atoms with van der Waals surface area (Å²) in [6.07, 6.45) is 0.965. The van der Waals surface area contributed by atoms with Crippen LogP contribution < -0.4 is 9.80 Å². The minimum absolute atomic E-state index is 0.0296. The van der Waals surface area contributed by atoms with Gasteiger partial charge in [-0.3, -0.25) is 4.79 Å². The first kappa shape index (κ1) is 18.2. The maximum atomic E-state index is 11.7. The number of aliphatic carboxylic acids is 1. The molecule has 0 saturated carbocycles. The molecule has 0 aromatic heterocycles. The van der Waals surface area contributed by atoms with E-state index in [0.29, 0.717) is 17.1 Å². The summed E-state index contributed by atoms with van der Waals surface area (Å²) >= 11 is 6.10. The van der Waals surface area contributed by atoms with Gasteiger partial charge >= 0.3 is 5.97 Å². The Bertz CT molecular complexity index is 923. The monoisotopic (exact) mass is 384 g/mol. The van der Waals surface area contributed by atoms with E-state index in [2.05, 4.69) is 37.6 Å². The number of carboxylic acids is 1. The first-order valence-electron chi connectivity index (χ1n) is 9.45. The summed E-state index contributed by atoms with van der Waals surface area (Å²) in [5.74, 6) is -0.796. The van der Waals surface area contributed by atoms with Crippen LogP contribution in [0.15, 0.2) is 24.3 Å². The van der Waals surface area contributed by atoms with Crippen molar-refractivity contribution in [3.63, 3.8) is 0 Å². The number of likely N-dealkylation sites (N-methyl/N-ethyl adjacent to an activating group) is 1. The van der Waals surface area contributed by atoms with Gasteiger partial charge < -0.3 is 14.9 Å². The molecule has 2 atom stereocenters. The molecule has 0 radical (unpaired) electrons. The zero-order chi connectivity index (χ0) is 19.5. The highest BCUT2D eigenvalue weighted by Gasteiger charge is 2.40. The van der Waals surface area contributed by atoms with Gasteiger partial charge in [-0.05, 0) is 67.1 Å². The largest absolute Gasteiger partial charge is 0.481 e. The second-order valence-electron chi connectivity index (χ2n) is 7.92. The third-order valence-electron chi connectivity index (χ3n) is 6.01. The van der Waals surface area contributed by atoms with Crippen LogP contribution in [0.5, 0.6) is 0 Å². The number of hydrogen-bond acceptors (Lipinski definition) is 3. The molecule has 0 amide bonds. The first-order valence-corrected chi connectivity index (χ1v) is 9.82. The number of hydrogen-bond donors (Lipinski definition) is 1. The van der Waals surface area contributed by atoms with Crippen molar-refractivity contribution in [2.45, 2.75) is 45.7 Å². The third kappa shape index (κ3) is 2.78. The van der Waals surface area contributed by atoms with Crippen molar-refractivity contribution in [1.29, 1.82) is 0 Å². The van der Waals surface area contributed by atoms with Crippen molar-refractivity contribution in [3.8, 4) is 11.1 Å². The Morgan fingerprint density at radius 2 is 1.85 bits per heavy atom. The van der Waals surface area contributed by atoms with Crippen molar-refractivity contribution < 1.29 is 9.90 Å². The van der Waals surface area contributed by atoms with Crippen LogP contribution in [0.2, 0.25) is 5.02 Å². The number of halogens is 1. The lowest BCUT2D eigenvalue weighted by atomic mass is 9.86. The maximum absolute atomic E-state index is 11.7. The molecule has 4 rings (SSSR count). The van der Waals surface area contributed by atoms with Crippen LogP contribution in [0.3, 0.4) is 0 Å². The minimum atomic E-state index is -0.796. The summed E-state index contributed by atoms with van der Waals surface area (Å²) in [6.45, 7) is 7.56. The highest BCUT2D eigenvalue weighted by atomic mass is 35.5. The summed E-state index contributed by atoms with van der Waals surface area (Å²) < 4.78 is 0. The van der Waals surface area contributed by atoms with Crippen molar-refractivity contribution in [2.24, 2.45) is 0 Å². The van der Waals surface area contributed by atoms with Crippen molar-refractivity contribution in [1.82, 2.24) is 0 Å². The van der Waals surface area contributed by atoms with E-state index in [0.717, 1.165) is 35.2 Å². The number of anilines is 2. The van der Waals surface area contributed by atoms with E-state index < -0.39 is 5.97 Å². The molecule has 2 unspecified atom stereocenters. The highest BCUT2D eigenvalue weighted by Crippen LogP contribution is 2.52. The Balaban J connectivity index is 2.06. The van der Waals surface area contributed by atoms with E-state index >= 15 is 0 Å². The molecule has 4 nitrogen and oxygen atoms in total. The zero-order valence-electron chi connectivity index (χ0n) is 16.2. The molecule has 2 aromatic carbocycles. The smallest absolute Gasteiger partial charge is 0.307 e. The van der Waals surface area contributed by atoms with Gasteiger partial charge in [0.2, 0.25) is 0 Å². The molecule has 0 aliphatic carbocycles. The molecular formula is C22H25ClN2O2. The van der Waals surface area contributed by atoms with Crippen LogP contribution in [-0.4, -0.2) is 36.8 Å². The Labute approximate surface area is 165 Å². The predicted octanol–water partition coefficient (Wildman–Crippen LogP) is 4.53. The molecule has 0 bridgehead atoms. The number of nitrogens with zero attached hydrogens (tertiary/aromatic N) is 2. The van der Waals surface area contributed by atoms with Gasteiger partial charge in [-0.1, -0.05) is 23.7 Å². The fraction of sp³-hybridized carbons (Fsp3) is 0.409. The normalized spacial score (nSPS) is 20.8. The van der Waals surface area contributed by atoms with E-state index in [1.807, 2.05) is 24.3 Å². The summed E-state index contributed by atoms with van der Waals surface area (Å²) in [5, 5.41) is 10.3. The van der Waals surface area contributed by atoms with Gasteiger partial charge in [0.1, 0.15) is 0 Å². The fourth-order valence-corrected chi connectivity index (χ4v) is 5.20. The van der Waals surface area contributed by atoms with E-state index in [4.69, 9.17) is 11.6 Å². The van der Waals surface area contributed by atoms with Gasteiger partial charge in [-0.25, -0.2) is 0 Å². The Kier molecular flexibility index (Phi) is 4.34. The molecule has 0 saturated heterocycles. The molecule has 2 aliphatic heterocycles. The predicted molar refractivity (Wildman–Crippen MR) is 111 cm³/mol. The number of rotatable bonds is 3. The Morgan fingerprint density at radius 3 is 2.48 bits per heavy atom. The Hall–Kier alpha value is -2.20. The second kappa shape index (κ2) is 6.45. The van der Waals surface area contributed by atoms with E-state index in [1.165, 1.54) is 16.9 Å². The SMILES string of the molecule is Cc1c(CC(=O)O)c(-c2ccc(Cl)cc2)c2c3c1N(C)CC(C)N3C(C)C2. The summed E-state index contributed by atoms with van der Waals surface area (Å²) in [4.78, 5) is 16.5. The van der Waals surface area contributed by atoms with Crippen LogP contribution in [0, 0.1) is 6.92 Å². The molecule has 0 spiro atoms. The molecule has 2 aliphatic rings. The number of carboxylic acid groups (broad SMARTS) is 1. The molecule has 0 fully saturated rings. The second-order valence-corrected chi connectivity index (χ2v) is 8.36. The van der Waals surface area contributed by atoms with Crippen molar-refractivity contribution in [2.75, 3.05) is 23.4 Å². The molecule has 142 valence electrons. The van der Waals surface area contributed by atoms with Crippen LogP contribution in [0.4, 0.5) is 11.4 Å². The van der Waals surface area contributed by atoms with Gasteiger partial charge in [-0.15, -0.1) is 0 Å². The van der Waals surface area contributed by atoms with E-state index in [1.54, 1.807) is 0 Å². The van der Waals surface area contributed by atoms with Crippen molar-refractivity contribution in [3.05, 3.63) is 46.0 Å². The average Bonchev–Trinajstić information content (AvgIpc) is 2.92. The first-order chi connectivity index (χ1) is 12.8. The Morgan fingerprint density at radius 1 is 1.19 bits per heavy atom. The van der Waals surface area contributed by atoms with Gasteiger partial charge in [0.15, 0.2) is 0 Å². The van der Waals surface area contributed by atoms with E-state index in [9.17, 15) is 9.90 Å². The summed E-state index contributed by atoms with van der Waals surface area (Å²) in [6, 6.07) is 8.62. The lowest BCUT2D eigenvalue weighted by molar-refractivity contribution is -0.136. The van der Waals surface area contributed by atoms with Crippen LogP contribution in [0.1, 0.15) is 30.5 Å². The lowest BCUT2D eigenvalue weighted by Crippen LogP contribution is -2.48. The topological polar surface area (TPSA) is 43.8 Å². The lowest BCUT2D eigenvalue weighted by Gasteiger charge is -2.43. The molecule has 5 heteroatoms. The van der Waals surface area contributed by atoms with Crippen LogP contribution in [0.25, 0.3) is 11.1 Å². The standard InChI is InChI=1S/C22H25ClN2O2/c1-12-9-18-20(15-5-7-16(23)8-6-15)17(10-19(26)27)14(3)21-22(18)25(12)13(2)11-24(21)4/h5-8,12-13H,9-11H2,1-4H3,(H,26,27). The number of benzene rings is 2. The molecule has 2 aromatic rings. The summed E-state index contributed by atoms with van der Waals surface area (Å²) in [5.41, 5.74) is 7.90. The van der Waals surface area contributed by atoms with Crippen LogP contribution in [-0.2, 0) is 17.6 Å². The maximum Gasteiger partial charge on any atom is 0.307 e. The summed E-state index contributed by atoms with van der Waals surface area (Å²) in [7, 11) is 2.12. The van der Waals surface area contributed by atoms with E-state index in [-0.39, 0.29) is 6.42 Å². The van der Waals surface area contributed by atoms with Gasteiger partial charge in [0.05, 0.1) is 17.8 Å². The van der Waals surface area contributed by atoms with Gasteiger partial charge in [0, 0.05) is 30.7 Å². The van der Waals surface area contributed by atoms with Gasteiger partial charge in [-0.2, -0.15) is 0 Å². The third-order valence-corrected chi connectivity index (χ3v) is 6.26. The van der Waals surface area contributed by atoms with Crippen molar-refractivity contribution >= 4 is 28.9 Å². The van der Waals surface area contributed by atoms with Crippen LogP contribution >= 0.6 is 11.6 Å². The molecule has 1 N–H and O–H groups in total. The highest BCUT2D eigenvalue weighted by molar-refractivity contribution is 6.30. The molecular weight excluding hydrogens is 360 g/mol. The fourth-order valence-electron chi connectivity index (χ4n) is 5.08.